The smallest absolute Gasteiger partial charge is 0.340 e. The van der Waals surface area contributed by atoms with Crippen LogP contribution in [0.2, 0.25) is 0 Å². The van der Waals surface area contributed by atoms with E-state index in [0.717, 1.165) is 22.6 Å². The van der Waals surface area contributed by atoms with Crippen molar-refractivity contribution in [3.05, 3.63) is 178 Å². The van der Waals surface area contributed by atoms with Crippen LogP contribution in [0.4, 0.5) is 11.4 Å². The number of methoxy groups -OCH3 is 2. The molecule has 68 heavy (non-hydrogen) atoms. The summed E-state index contributed by atoms with van der Waals surface area (Å²) in [6, 6.07) is 42.4. The lowest BCUT2D eigenvalue weighted by atomic mass is 9.55. The lowest BCUT2D eigenvalue weighted by molar-refractivity contribution is -0.132. The first-order valence-electron chi connectivity index (χ1n) is 22.8. The van der Waals surface area contributed by atoms with Crippen molar-refractivity contribution in [1.29, 1.82) is 0 Å². The maximum Gasteiger partial charge on any atom is 0.340 e. The maximum atomic E-state index is 14.8. The van der Waals surface area contributed by atoms with Crippen molar-refractivity contribution in [2.45, 2.75) is 24.9 Å². The summed E-state index contributed by atoms with van der Waals surface area (Å²) in [4.78, 5) is 44.3. The predicted octanol–water partition coefficient (Wildman–Crippen LogP) is 8.09. The molecule has 0 N–H and O–H groups in total. The summed E-state index contributed by atoms with van der Waals surface area (Å²) in [6.07, 6.45) is 0. The van der Waals surface area contributed by atoms with Crippen molar-refractivity contribution >= 4 is 29.3 Å². The number of benzene rings is 6. The molecule has 0 atom stereocenters. The van der Waals surface area contributed by atoms with Crippen LogP contribution in [0.15, 0.2) is 133 Å². The second-order valence-corrected chi connectivity index (χ2v) is 16.7. The van der Waals surface area contributed by atoms with Gasteiger partial charge >= 0.3 is 17.9 Å². The summed E-state index contributed by atoms with van der Waals surface area (Å²) in [6.45, 7) is 7.43. The molecule has 9 rings (SSSR count). The zero-order valence-electron chi connectivity index (χ0n) is 38.7. The molecular weight excluding hydrogens is 865 g/mol. The Morgan fingerprint density at radius 2 is 0.971 bits per heavy atom. The van der Waals surface area contributed by atoms with Gasteiger partial charge in [0, 0.05) is 56.7 Å². The Bertz CT molecular complexity index is 2690. The fraction of sp³-hybridized carbons (Fsp3) is 0.291. The van der Waals surface area contributed by atoms with E-state index in [2.05, 4.69) is 9.80 Å². The molecule has 3 aliphatic rings. The number of ether oxygens (including phenoxy) is 8. The van der Waals surface area contributed by atoms with Gasteiger partial charge in [0.05, 0.1) is 76.2 Å². The summed E-state index contributed by atoms with van der Waals surface area (Å²) in [5, 5.41) is 0. The third kappa shape index (κ3) is 8.53. The van der Waals surface area contributed by atoms with Crippen molar-refractivity contribution in [1.82, 2.24) is 0 Å². The highest BCUT2D eigenvalue weighted by molar-refractivity contribution is 5.99. The zero-order valence-corrected chi connectivity index (χ0v) is 38.7. The molecule has 13 nitrogen and oxygen atoms in total. The molecule has 6 aromatic rings. The van der Waals surface area contributed by atoms with Crippen LogP contribution in [0.25, 0.3) is 0 Å². The first-order valence-corrected chi connectivity index (χ1v) is 22.8. The van der Waals surface area contributed by atoms with Gasteiger partial charge in [-0.25, -0.2) is 4.79 Å². The van der Waals surface area contributed by atoms with Gasteiger partial charge in [0.1, 0.15) is 23.0 Å². The maximum absolute atomic E-state index is 14.8. The van der Waals surface area contributed by atoms with Crippen LogP contribution in [-0.4, -0.2) is 97.9 Å². The molecule has 1 spiro atoms. The normalized spacial score (nSPS) is 16.8. The molecule has 2 aliphatic heterocycles. The van der Waals surface area contributed by atoms with E-state index in [1.807, 2.05) is 121 Å². The van der Waals surface area contributed by atoms with Crippen molar-refractivity contribution in [3.8, 4) is 23.0 Å². The van der Waals surface area contributed by atoms with Gasteiger partial charge in [-0.3, -0.25) is 9.59 Å². The second-order valence-electron chi connectivity index (χ2n) is 16.7. The van der Waals surface area contributed by atoms with Gasteiger partial charge in [0.15, 0.2) is 5.60 Å². The molecule has 1 aliphatic carbocycles. The highest BCUT2D eigenvalue weighted by Crippen LogP contribution is 2.62. The number of carbonyl (C=O) groups is 3. The van der Waals surface area contributed by atoms with Crippen LogP contribution in [0.5, 0.6) is 23.0 Å². The Kier molecular flexibility index (Phi) is 13.5. The Balaban J connectivity index is 1.18. The Morgan fingerprint density at radius 1 is 0.500 bits per heavy atom. The van der Waals surface area contributed by atoms with Crippen molar-refractivity contribution in [3.63, 3.8) is 0 Å². The van der Waals surface area contributed by atoms with Gasteiger partial charge in [-0.05, 0) is 70.8 Å². The monoisotopic (exact) mass is 918 g/mol. The van der Waals surface area contributed by atoms with Crippen molar-refractivity contribution in [2.24, 2.45) is 0 Å². The summed E-state index contributed by atoms with van der Waals surface area (Å²) in [5.41, 5.74) is 4.30. The topological polar surface area (TPSA) is 132 Å². The van der Waals surface area contributed by atoms with Crippen molar-refractivity contribution < 1.29 is 52.3 Å². The Hall–Kier alpha value is -7.19. The third-order valence-electron chi connectivity index (χ3n) is 12.8. The third-order valence-corrected chi connectivity index (χ3v) is 12.8. The molecular formula is C55H54N2O11. The number of nitrogens with zero attached hydrogens (tertiary/aromatic N) is 2. The molecule has 13 heteroatoms. The van der Waals surface area contributed by atoms with Crippen molar-refractivity contribution in [2.75, 3.05) is 89.8 Å². The van der Waals surface area contributed by atoms with E-state index < -0.39 is 28.9 Å². The van der Waals surface area contributed by atoms with Gasteiger partial charge in [0.2, 0.25) is 0 Å². The summed E-state index contributed by atoms with van der Waals surface area (Å²) < 4.78 is 48.8. The number of hydrogen-bond donors (Lipinski definition) is 0. The van der Waals surface area contributed by atoms with Crippen LogP contribution in [0, 0.1) is 0 Å². The van der Waals surface area contributed by atoms with Gasteiger partial charge in [0.25, 0.3) is 0 Å². The zero-order chi connectivity index (χ0) is 47.3. The van der Waals surface area contributed by atoms with Crippen LogP contribution < -0.4 is 28.7 Å². The lowest BCUT2D eigenvalue weighted by Gasteiger charge is -2.48. The van der Waals surface area contributed by atoms with E-state index >= 15 is 0 Å². The summed E-state index contributed by atoms with van der Waals surface area (Å²) in [7, 11) is 3.27. The number of rotatable bonds is 8. The largest absolute Gasteiger partial charge is 0.495 e. The molecule has 0 bridgehead atoms. The second kappa shape index (κ2) is 20.0. The molecule has 2 heterocycles. The van der Waals surface area contributed by atoms with Gasteiger partial charge in [-0.2, -0.15) is 0 Å². The summed E-state index contributed by atoms with van der Waals surface area (Å²) >= 11 is 0. The van der Waals surface area contributed by atoms with Crippen LogP contribution in [-0.2, 0) is 39.6 Å². The fourth-order valence-corrected chi connectivity index (χ4v) is 10.0. The van der Waals surface area contributed by atoms with E-state index in [0.29, 0.717) is 122 Å². The SMILES string of the molecule is COc1ccccc1N1CCOCCOCCN(c2cc3c(cc2OC)C2(OC3=O)c3ccc(OC(C)=O)cc3C(c3ccccc3)(c3ccccc3)c3cc(OC(C)=O)ccc32)CCOCC1. The molecule has 1 fully saturated rings. The molecule has 0 amide bonds. The van der Waals surface area contributed by atoms with Crippen LogP contribution in [0.1, 0.15) is 63.1 Å². The molecule has 0 radical (unpaired) electrons. The Labute approximate surface area is 396 Å². The van der Waals surface area contributed by atoms with Crippen LogP contribution >= 0.6 is 0 Å². The van der Waals surface area contributed by atoms with E-state index in [1.54, 1.807) is 26.4 Å². The van der Waals surface area contributed by atoms with Gasteiger partial charge in [-0.15, -0.1) is 0 Å². The first-order chi connectivity index (χ1) is 33.2. The predicted molar refractivity (Wildman–Crippen MR) is 256 cm³/mol. The highest BCUT2D eigenvalue weighted by Gasteiger charge is 2.59. The number of hydrogen-bond acceptors (Lipinski definition) is 13. The number of anilines is 2. The minimum absolute atomic E-state index is 0.306. The van der Waals surface area contributed by atoms with Crippen LogP contribution in [0.3, 0.4) is 0 Å². The lowest BCUT2D eigenvalue weighted by Crippen LogP contribution is -2.45. The first kappa shape index (κ1) is 45.9. The molecule has 350 valence electrons. The summed E-state index contributed by atoms with van der Waals surface area (Å²) in [5.74, 6) is 0.366. The molecule has 1 saturated heterocycles. The van der Waals surface area contributed by atoms with E-state index in [1.165, 1.54) is 13.8 Å². The molecule has 6 aromatic carbocycles. The minimum atomic E-state index is -1.55. The standard InChI is InChI=1S/C55H54N2O11/c1-37(58)66-41-19-21-44-47(33-41)54(39-13-7-5-8-14-39,40-15-9-6-10-16-40)48-34-42(67-38(2)59)20-22-45(48)55(44)46-36-52(62-4)50(35-43(46)53(60)68-55)57-25-28-63-27-23-56(24-29-64-31-32-65-30-26-57)49-17-11-12-18-51(49)61-3/h5-22,33-36H,23-32H2,1-4H3. The minimum Gasteiger partial charge on any atom is -0.495 e. The average molecular weight is 919 g/mol. The fourth-order valence-electron chi connectivity index (χ4n) is 10.0. The number of esters is 3. The van der Waals surface area contributed by atoms with E-state index in [9.17, 15) is 14.4 Å². The highest BCUT2D eigenvalue weighted by atomic mass is 16.6. The number of carbonyl (C=O) groups excluding carboxylic acids is 3. The quantitative estimate of drug-likeness (QED) is 0.108. The van der Waals surface area contributed by atoms with E-state index in [4.69, 9.17) is 37.9 Å². The number of fused-ring (bicyclic) bond motifs is 6. The molecule has 0 saturated carbocycles. The molecule has 0 aromatic heterocycles. The van der Waals surface area contributed by atoms with Gasteiger partial charge in [-0.1, -0.05) is 84.9 Å². The van der Waals surface area contributed by atoms with Gasteiger partial charge < -0.3 is 47.7 Å². The molecule has 0 unspecified atom stereocenters. The van der Waals surface area contributed by atoms with E-state index in [-0.39, 0.29) is 0 Å². The average Bonchev–Trinajstić information content (AvgIpc) is 3.63. The number of para-hydroxylation sites is 2. The Morgan fingerprint density at radius 3 is 1.47 bits per heavy atom.